The zero-order valence-corrected chi connectivity index (χ0v) is 19.8. The van der Waals surface area contributed by atoms with Gasteiger partial charge in [-0.15, -0.1) is 0 Å². The van der Waals surface area contributed by atoms with Gasteiger partial charge in [0.1, 0.15) is 5.60 Å². The molecule has 0 radical (unpaired) electrons. The van der Waals surface area contributed by atoms with E-state index >= 15 is 0 Å². The van der Waals surface area contributed by atoms with E-state index in [1.54, 1.807) is 12.1 Å². The third kappa shape index (κ3) is 3.82. The van der Waals surface area contributed by atoms with Crippen LogP contribution in [-0.2, 0) is 4.74 Å². The van der Waals surface area contributed by atoms with Gasteiger partial charge >= 0.3 is 5.97 Å². The van der Waals surface area contributed by atoms with Gasteiger partial charge in [-0.1, -0.05) is 12.1 Å². The standard InChI is InChI=1S/C27H31NO6/c1-4-32-22-8-5-7-18-23-19(27(2,3)34-24(18)22)15-20-21(33-23)9-6-14-28(20)25(29)16-10-12-17(13-11-16)26(30)31/h5,7-8,10-13,19-21,23H,4,6,9,14-15H2,1-3H3,(H,30,31)/t19-,20-,21-,23+/m1/s1. The summed E-state index contributed by atoms with van der Waals surface area (Å²) in [4.78, 5) is 26.5. The number of fused-ring (bicyclic) bond motifs is 4. The Bertz CT molecular complexity index is 1090. The van der Waals surface area contributed by atoms with Gasteiger partial charge < -0.3 is 24.2 Å². The summed E-state index contributed by atoms with van der Waals surface area (Å²) in [5.74, 6) is 0.484. The van der Waals surface area contributed by atoms with Gasteiger partial charge in [-0.3, -0.25) is 4.79 Å². The maximum atomic E-state index is 13.4. The second-order valence-electron chi connectivity index (χ2n) is 9.84. The number of aromatic carboxylic acids is 1. The molecule has 2 aromatic rings. The quantitative estimate of drug-likeness (QED) is 0.704. The fourth-order valence-corrected chi connectivity index (χ4v) is 5.71. The van der Waals surface area contributed by atoms with E-state index < -0.39 is 11.6 Å². The Balaban J connectivity index is 1.44. The lowest BCUT2D eigenvalue weighted by Crippen LogP contribution is -2.60. The number of ether oxygens (including phenoxy) is 3. The Hall–Kier alpha value is -3.06. The predicted molar refractivity (Wildman–Crippen MR) is 125 cm³/mol. The number of carbonyl (C=O) groups excluding carboxylic acids is 1. The number of hydrogen-bond acceptors (Lipinski definition) is 5. The molecule has 0 spiro atoms. The van der Waals surface area contributed by atoms with Crippen molar-refractivity contribution < 1.29 is 28.9 Å². The van der Waals surface area contributed by atoms with Gasteiger partial charge in [0.15, 0.2) is 11.5 Å². The van der Waals surface area contributed by atoms with Crippen LogP contribution in [0.5, 0.6) is 11.5 Å². The van der Waals surface area contributed by atoms with E-state index in [1.165, 1.54) is 12.1 Å². The Morgan fingerprint density at radius 1 is 1.15 bits per heavy atom. The van der Waals surface area contributed by atoms with Crippen LogP contribution in [0.3, 0.4) is 0 Å². The molecular weight excluding hydrogens is 434 g/mol. The predicted octanol–water partition coefficient (Wildman–Crippen LogP) is 4.71. The molecular formula is C27H31NO6. The molecule has 3 aliphatic heterocycles. The summed E-state index contributed by atoms with van der Waals surface area (Å²) in [6.45, 7) is 7.35. The van der Waals surface area contributed by atoms with Crippen LogP contribution < -0.4 is 9.47 Å². The average molecular weight is 466 g/mol. The van der Waals surface area contributed by atoms with Gasteiger partial charge in [0.05, 0.1) is 30.4 Å². The van der Waals surface area contributed by atoms with Crippen molar-refractivity contribution in [3.05, 3.63) is 59.2 Å². The molecule has 180 valence electrons. The normalized spacial score (nSPS) is 27.0. The average Bonchev–Trinajstić information content (AvgIpc) is 2.83. The molecule has 7 heteroatoms. The molecule has 3 aliphatic rings. The van der Waals surface area contributed by atoms with Crippen molar-refractivity contribution in [2.24, 2.45) is 5.92 Å². The van der Waals surface area contributed by atoms with E-state index in [0.717, 1.165) is 36.3 Å². The first kappa shape index (κ1) is 22.7. The molecule has 2 aromatic carbocycles. The first-order valence-corrected chi connectivity index (χ1v) is 12.0. The molecule has 7 nitrogen and oxygen atoms in total. The molecule has 2 fully saturated rings. The van der Waals surface area contributed by atoms with Crippen LogP contribution in [0.25, 0.3) is 0 Å². The minimum Gasteiger partial charge on any atom is -0.490 e. The fraction of sp³-hybridized carbons (Fsp3) is 0.481. The Kier molecular flexibility index (Phi) is 5.76. The van der Waals surface area contributed by atoms with Crippen LogP contribution in [-0.4, -0.2) is 52.8 Å². The second kappa shape index (κ2) is 8.62. The third-order valence-corrected chi connectivity index (χ3v) is 7.41. The van der Waals surface area contributed by atoms with E-state index in [0.29, 0.717) is 18.7 Å². The first-order chi connectivity index (χ1) is 16.3. The number of carbonyl (C=O) groups is 2. The maximum Gasteiger partial charge on any atom is 0.335 e. The van der Waals surface area contributed by atoms with E-state index in [-0.39, 0.29) is 35.6 Å². The number of carboxylic acid groups (broad SMARTS) is 1. The summed E-state index contributed by atoms with van der Waals surface area (Å²) in [7, 11) is 0. The number of carboxylic acids is 1. The van der Waals surface area contributed by atoms with Gasteiger partial charge in [-0.25, -0.2) is 4.79 Å². The number of para-hydroxylation sites is 1. The molecule has 0 aromatic heterocycles. The number of likely N-dealkylation sites (tertiary alicyclic amines) is 1. The van der Waals surface area contributed by atoms with E-state index in [9.17, 15) is 9.59 Å². The van der Waals surface area contributed by atoms with Crippen molar-refractivity contribution in [1.29, 1.82) is 0 Å². The van der Waals surface area contributed by atoms with Gasteiger partial charge in [-0.2, -0.15) is 0 Å². The van der Waals surface area contributed by atoms with Crippen LogP contribution in [0.2, 0.25) is 0 Å². The number of benzene rings is 2. The summed E-state index contributed by atoms with van der Waals surface area (Å²) in [6.07, 6.45) is 2.36. The topological polar surface area (TPSA) is 85.3 Å². The van der Waals surface area contributed by atoms with Crippen molar-refractivity contribution in [1.82, 2.24) is 4.90 Å². The van der Waals surface area contributed by atoms with Crippen LogP contribution in [0.15, 0.2) is 42.5 Å². The SMILES string of the molecule is CCOc1cccc2c1OC(C)(C)[C@@H]1C[C@@H]3[C@@H](CCCN3C(=O)c3ccc(C(=O)O)cc3)O[C@@H]21. The first-order valence-electron chi connectivity index (χ1n) is 12.0. The van der Waals surface area contributed by atoms with Gasteiger partial charge in [-0.05, 0) is 70.4 Å². The lowest BCUT2D eigenvalue weighted by Gasteiger charge is -2.54. The van der Waals surface area contributed by atoms with Crippen molar-refractivity contribution in [3.63, 3.8) is 0 Å². The highest BCUT2D eigenvalue weighted by atomic mass is 16.5. The molecule has 4 atom stereocenters. The molecule has 1 amide bonds. The highest BCUT2D eigenvalue weighted by Crippen LogP contribution is 2.54. The van der Waals surface area contributed by atoms with Crippen LogP contribution in [0.1, 0.15) is 72.4 Å². The number of piperidine rings is 1. The Morgan fingerprint density at radius 3 is 2.59 bits per heavy atom. The molecule has 0 aliphatic carbocycles. The molecule has 0 unspecified atom stereocenters. The smallest absolute Gasteiger partial charge is 0.335 e. The monoisotopic (exact) mass is 465 g/mol. The van der Waals surface area contributed by atoms with Gasteiger partial charge in [0, 0.05) is 23.6 Å². The number of nitrogens with zero attached hydrogens (tertiary/aromatic N) is 1. The minimum absolute atomic E-state index is 0.0545. The Morgan fingerprint density at radius 2 is 1.88 bits per heavy atom. The maximum absolute atomic E-state index is 13.4. The summed E-state index contributed by atoms with van der Waals surface area (Å²) in [5, 5.41) is 9.16. The largest absolute Gasteiger partial charge is 0.490 e. The zero-order chi connectivity index (χ0) is 24.0. The van der Waals surface area contributed by atoms with Crippen molar-refractivity contribution >= 4 is 11.9 Å². The lowest BCUT2D eigenvalue weighted by atomic mass is 9.72. The number of hydrogen-bond donors (Lipinski definition) is 1. The zero-order valence-electron chi connectivity index (χ0n) is 19.8. The molecule has 0 bridgehead atoms. The minimum atomic E-state index is -1.00. The molecule has 3 heterocycles. The van der Waals surface area contributed by atoms with Gasteiger partial charge in [0.25, 0.3) is 5.91 Å². The van der Waals surface area contributed by atoms with Crippen molar-refractivity contribution in [3.8, 4) is 11.5 Å². The highest BCUT2D eigenvalue weighted by molar-refractivity contribution is 5.96. The van der Waals surface area contributed by atoms with E-state index in [2.05, 4.69) is 19.9 Å². The summed E-state index contributed by atoms with van der Waals surface area (Å²) in [6, 6.07) is 12.1. The van der Waals surface area contributed by atoms with Crippen molar-refractivity contribution in [2.75, 3.05) is 13.2 Å². The van der Waals surface area contributed by atoms with Crippen LogP contribution >= 0.6 is 0 Å². The summed E-state index contributed by atoms with van der Waals surface area (Å²) >= 11 is 0. The number of rotatable bonds is 4. The molecule has 5 rings (SSSR count). The third-order valence-electron chi connectivity index (χ3n) is 7.41. The van der Waals surface area contributed by atoms with Crippen LogP contribution in [0.4, 0.5) is 0 Å². The summed E-state index contributed by atoms with van der Waals surface area (Å²) in [5.41, 5.74) is 1.19. The van der Waals surface area contributed by atoms with Crippen LogP contribution in [0, 0.1) is 5.92 Å². The lowest BCUT2D eigenvalue weighted by molar-refractivity contribution is -0.184. The number of amides is 1. The molecule has 2 saturated heterocycles. The second-order valence-corrected chi connectivity index (χ2v) is 9.84. The fourth-order valence-electron chi connectivity index (χ4n) is 5.71. The Labute approximate surface area is 199 Å². The highest BCUT2D eigenvalue weighted by Gasteiger charge is 2.53. The molecule has 0 saturated carbocycles. The van der Waals surface area contributed by atoms with Crippen molar-refractivity contribution in [2.45, 2.75) is 63.9 Å². The van der Waals surface area contributed by atoms with E-state index in [4.69, 9.17) is 19.3 Å². The molecule has 34 heavy (non-hydrogen) atoms. The van der Waals surface area contributed by atoms with Gasteiger partial charge in [0.2, 0.25) is 0 Å². The summed E-state index contributed by atoms with van der Waals surface area (Å²) < 4.78 is 19.1. The van der Waals surface area contributed by atoms with E-state index in [1.807, 2.05) is 24.0 Å². The molecule has 1 N–H and O–H groups in total.